The molecule has 0 spiro atoms. The van der Waals surface area contributed by atoms with Crippen LogP contribution in [0.1, 0.15) is 36.2 Å². The van der Waals surface area contributed by atoms with Crippen LogP contribution in [0.5, 0.6) is 0 Å². The first kappa shape index (κ1) is 24.3. The van der Waals surface area contributed by atoms with Crippen LogP contribution < -0.4 is 5.32 Å². The molecule has 4 aromatic rings. The summed E-state index contributed by atoms with van der Waals surface area (Å²) >= 11 is 14.4. The second-order valence-corrected chi connectivity index (χ2v) is 9.48. The molecule has 0 saturated heterocycles. The zero-order chi connectivity index (χ0) is 23.9. The minimum atomic E-state index is -0.237. The Morgan fingerprint density at radius 1 is 1.00 bits per heavy atom. The number of hydrogen-bond acceptors (Lipinski definition) is 4. The number of carbonyl (C=O) groups excluding carboxylic acids is 1. The van der Waals surface area contributed by atoms with E-state index in [0.29, 0.717) is 33.1 Å². The summed E-state index contributed by atoms with van der Waals surface area (Å²) in [5.41, 5.74) is 2.83. The number of aromatic nitrogens is 3. The van der Waals surface area contributed by atoms with Crippen LogP contribution >= 0.6 is 35.0 Å². The predicted octanol–water partition coefficient (Wildman–Crippen LogP) is 6.68. The topological polar surface area (TPSA) is 59.8 Å². The van der Waals surface area contributed by atoms with Gasteiger partial charge >= 0.3 is 0 Å². The van der Waals surface area contributed by atoms with Gasteiger partial charge in [-0.3, -0.25) is 9.36 Å². The fourth-order valence-corrected chi connectivity index (χ4v) is 4.96. The van der Waals surface area contributed by atoms with E-state index in [2.05, 4.69) is 27.6 Å². The molecule has 0 aliphatic heterocycles. The number of halogens is 2. The lowest BCUT2D eigenvalue weighted by molar-refractivity contribution is -0.122. The molecule has 1 N–H and O–H groups in total. The number of rotatable bonds is 9. The summed E-state index contributed by atoms with van der Waals surface area (Å²) in [6, 6.07) is 25.2. The minimum absolute atomic E-state index is 0.0565. The van der Waals surface area contributed by atoms with Gasteiger partial charge in [0.2, 0.25) is 5.91 Å². The molecular weight excluding hydrogens is 487 g/mol. The third-order valence-electron chi connectivity index (χ3n) is 5.41. The number of hydrogen-bond donors (Lipinski definition) is 1. The monoisotopic (exact) mass is 510 g/mol. The lowest BCUT2D eigenvalue weighted by atomic mass is 9.96. The van der Waals surface area contributed by atoms with Crippen LogP contribution in [0.4, 0.5) is 0 Å². The number of thioether (sulfide) groups is 1. The molecule has 0 radical (unpaired) electrons. The molecule has 0 saturated carbocycles. The molecule has 5 nitrogen and oxygen atoms in total. The number of nitrogens with zero attached hydrogens (tertiary/aromatic N) is 3. The maximum atomic E-state index is 13.0. The summed E-state index contributed by atoms with van der Waals surface area (Å²) in [5, 5.41) is 13.6. The summed E-state index contributed by atoms with van der Waals surface area (Å²) in [6.07, 6.45) is 0.695. The molecule has 3 aromatic carbocycles. The number of carbonyl (C=O) groups is 1. The molecule has 174 valence electrons. The molecule has 1 heterocycles. The average molecular weight is 511 g/mol. The van der Waals surface area contributed by atoms with E-state index in [-0.39, 0.29) is 18.4 Å². The molecule has 1 unspecified atom stereocenters. The predicted molar refractivity (Wildman–Crippen MR) is 139 cm³/mol. The summed E-state index contributed by atoms with van der Waals surface area (Å²) in [7, 11) is 0. The van der Waals surface area contributed by atoms with Gasteiger partial charge in [0.05, 0.1) is 23.2 Å². The van der Waals surface area contributed by atoms with Crippen LogP contribution in [0.3, 0.4) is 0 Å². The quantitative estimate of drug-likeness (QED) is 0.255. The van der Waals surface area contributed by atoms with Crippen molar-refractivity contribution in [2.24, 2.45) is 0 Å². The molecule has 0 aliphatic rings. The van der Waals surface area contributed by atoms with Crippen molar-refractivity contribution >= 4 is 40.9 Å². The molecule has 1 atom stereocenters. The molecule has 0 aliphatic carbocycles. The third-order valence-corrected chi connectivity index (χ3v) is 6.96. The van der Waals surface area contributed by atoms with Crippen molar-refractivity contribution in [2.45, 2.75) is 36.7 Å². The van der Waals surface area contributed by atoms with Crippen LogP contribution in [0.25, 0.3) is 5.69 Å². The van der Waals surface area contributed by atoms with Crippen molar-refractivity contribution < 1.29 is 4.79 Å². The van der Waals surface area contributed by atoms with E-state index in [9.17, 15) is 4.79 Å². The minimum Gasteiger partial charge on any atom is -0.348 e. The third kappa shape index (κ3) is 5.81. The van der Waals surface area contributed by atoms with Gasteiger partial charge in [0.25, 0.3) is 0 Å². The van der Waals surface area contributed by atoms with Crippen molar-refractivity contribution in [1.82, 2.24) is 20.1 Å². The SMILES string of the molecule is CCC(C(=O)NCc1nnc(SCc2ccccc2)n1-c1cc(Cl)ccc1Cl)c1ccccc1. The van der Waals surface area contributed by atoms with Gasteiger partial charge in [0.1, 0.15) is 0 Å². The highest BCUT2D eigenvalue weighted by atomic mass is 35.5. The fourth-order valence-electron chi connectivity index (χ4n) is 3.68. The lowest BCUT2D eigenvalue weighted by Gasteiger charge is -2.16. The van der Waals surface area contributed by atoms with Gasteiger partial charge in [0.15, 0.2) is 11.0 Å². The Morgan fingerprint density at radius 3 is 2.41 bits per heavy atom. The van der Waals surface area contributed by atoms with Crippen molar-refractivity contribution in [1.29, 1.82) is 0 Å². The first-order valence-electron chi connectivity index (χ1n) is 11.0. The zero-order valence-electron chi connectivity index (χ0n) is 18.6. The normalized spacial score (nSPS) is 11.9. The van der Waals surface area contributed by atoms with Gasteiger partial charge in [-0.05, 0) is 35.7 Å². The first-order valence-corrected chi connectivity index (χ1v) is 12.7. The summed E-state index contributed by atoms with van der Waals surface area (Å²) < 4.78 is 1.87. The summed E-state index contributed by atoms with van der Waals surface area (Å²) in [5.74, 6) is 1.00. The molecule has 34 heavy (non-hydrogen) atoms. The van der Waals surface area contributed by atoms with Gasteiger partial charge in [0, 0.05) is 10.8 Å². The van der Waals surface area contributed by atoms with Crippen molar-refractivity contribution in [3.8, 4) is 5.69 Å². The fraction of sp³-hybridized carbons (Fsp3) is 0.192. The smallest absolute Gasteiger partial charge is 0.227 e. The Balaban J connectivity index is 1.59. The summed E-state index contributed by atoms with van der Waals surface area (Å²) in [6.45, 7) is 2.22. The second kappa shape index (κ2) is 11.6. The van der Waals surface area contributed by atoms with Crippen molar-refractivity contribution in [2.75, 3.05) is 0 Å². The van der Waals surface area contributed by atoms with E-state index in [0.717, 1.165) is 11.3 Å². The standard InChI is InChI=1S/C26H24Cl2N4OS/c1-2-21(19-11-7-4-8-12-19)25(33)29-16-24-30-31-26(34-17-18-9-5-3-6-10-18)32(24)23-15-20(27)13-14-22(23)28/h3-15,21H,2,16-17H2,1H3,(H,29,33). The molecule has 4 rings (SSSR count). The van der Waals surface area contributed by atoms with E-state index >= 15 is 0 Å². The van der Waals surface area contributed by atoms with E-state index < -0.39 is 0 Å². The van der Waals surface area contributed by atoms with E-state index in [1.165, 1.54) is 5.56 Å². The highest BCUT2D eigenvalue weighted by Crippen LogP contribution is 2.31. The average Bonchev–Trinajstić information content (AvgIpc) is 3.27. The number of amides is 1. The second-order valence-electron chi connectivity index (χ2n) is 7.69. The number of nitrogens with one attached hydrogen (secondary N) is 1. The van der Waals surface area contributed by atoms with Crippen molar-refractivity contribution in [3.63, 3.8) is 0 Å². The van der Waals surface area contributed by atoms with Crippen LogP contribution in [0, 0.1) is 0 Å². The first-order chi connectivity index (χ1) is 16.6. The summed E-state index contributed by atoms with van der Waals surface area (Å²) in [4.78, 5) is 13.0. The van der Waals surface area contributed by atoms with E-state index in [1.54, 1.807) is 30.0 Å². The van der Waals surface area contributed by atoms with Gasteiger partial charge in [-0.25, -0.2) is 0 Å². The molecule has 8 heteroatoms. The van der Waals surface area contributed by atoms with Gasteiger partial charge in [-0.2, -0.15) is 0 Å². The molecule has 0 bridgehead atoms. The lowest BCUT2D eigenvalue weighted by Crippen LogP contribution is -2.29. The van der Waals surface area contributed by atoms with Gasteiger partial charge in [-0.1, -0.05) is 103 Å². The maximum absolute atomic E-state index is 13.0. The van der Waals surface area contributed by atoms with Crippen LogP contribution in [-0.2, 0) is 17.1 Å². The number of benzene rings is 3. The van der Waals surface area contributed by atoms with Gasteiger partial charge < -0.3 is 5.32 Å². The van der Waals surface area contributed by atoms with E-state index in [4.69, 9.17) is 23.2 Å². The van der Waals surface area contributed by atoms with Crippen LogP contribution in [0.15, 0.2) is 84.0 Å². The molecule has 1 aromatic heterocycles. The molecule has 1 amide bonds. The highest BCUT2D eigenvalue weighted by molar-refractivity contribution is 7.98. The Kier molecular flexibility index (Phi) is 8.27. The van der Waals surface area contributed by atoms with Crippen LogP contribution in [-0.4, -0.2) is 20.7 Å². The Hall–Kier alpha value is -2.80. The maximum Gasteiger partial charge on any atom is 0.227 e. The van der Waals surface area contributed by atoms with Crippen LogP contribution in [0.2, 0.25) is 10.0 Å². The Morgan fingerprint density at radius 2 is 1.71 bits per heavy atom. The van der Waals surface area contributed by atoms with Crippen molar-refractivity contribution in [3.05, 3.63) is 106 Å². The van der Waals surface area contributed by atoms with Gasteiger partial charge in [-0.15, -0.1) is 10.2 Å². The molecule has 0 fully saturated rings. The molecular formula is C26H24Cl2N4OS. The zero-order valence-corrected chi connectivity index (χ0v) is 20.9. The highest BCUT2D eigenvalue weighted by Gasteiger charge is 2.21. The largest absolute Gasteiger partial charge is 0.348 e. The Bertz CT molecular complexity index is 1250. The van der Waals surface area contributed by atoms with E-state index in [1.807, 2.05) is 60.0 Å². The Labute approximate surface area is 213 Å².